The van der Waals surface area contributed by atoms with Crippen molar-refractivity contribution in [1.29, 1.82) is 0 Å². The van der Waals surface area contributed by atoms with Gasteiger partial charge in [0.05, 0.1) is 12.3 Å². The SMILES string of the molecule is CCCCC=CCCCCCCCCCCC(CC(=O)O)C(=O)O. The highest BCUT2D eigenvalue weighted by Crippen LogP contribution is 2.16. The van der Waals surface area contributed by atoms with E-state index >= 15 is 0 Å². The standard InChI is InChI=1S/C20H36O4/c1-2-3-4-5-6-7-8-9-10-11-12-13-14-15-16-18(20(23)24)17-19(21)22/h5-6,18H,2-4,7-17H2,1H3,(H,21,22)(H,23,24). The summed E-state index contributed by atoms with van der Waals surface area (Å²) < 4.78 is 0. The van der Waals surface area contributed by atoms with Crippen molar-refractivity contribution < 1.29 is 19.8 Å². The number of allylic oxidation sites excluding steroid dienone is 2. The Morgan fingerprint density at radius 2 is 1.29 bits per heavy atom. The highest BCUT2D eigenvalue weighted by Gasteiger charge is 2.20. The lowest BCUT2D eigenvalue weighted by Gasteiger charge is -2.09. The first-order valence-electron chi connectivity index (χ1n) is 9.67. The van der Waals surface area contributed by atoms with Crippen molar-refractivity contribution in [2.75, 3.05) is 0 Å². The van der Waals surface area contributed by atoms with Gasteiger partial charge >= 0.3 is 11.9 Å². The van der Waals surface area contributed by atoms with Crippen LogP contribution in [0.2, 0.25) is 0 Å². The minimum Gasteiger partial charge on any atom is -0.481 e. The van der Waals surface area contributed by atoms with E-state index in [-0.39, 0.29) is 6.42 Å². The summed E-state index contributed by atoms with van der Waals surface area (Å²) in [6, 6.07) is 0. The van der Waals surface area contributed by atoms with Gasteiger partial charge in [0.1, 0.15) is 0 Å². The third-order valence-corrected chi connectivity index (χ3v) is 4.33. The van der Waals surface area contributed by atoms with Gasteiger partial charge in [0.25, 0.3) is 0 Å². The molecule has 0 aromatic heterocycles. The fourth-order valence-corrected chi connectivity index (χ4v) is 2.79. The summed E-state index contributed by atoms with van der Waals surface area (Å²) in [6.45, 7) is 2.22. The molecule has 4 heteroatoms. The van der Waals surface area contributed by atoms with E-state index in [9.17, 15) is 9.59 Å². The molecule has 0 aromatic rings. The molecule has 140 valence electrons. The second kappa shape index (κ2) is 16.5. The van der Waals surface area contributed by atoms with Crippen LogP contribution in [0, 0.1) is 5.92 Å². The molecular formula is C20H36O4. The Kier molecular flexibility index (Phi) is 15.6. The third kappa shape index (κ3) is 15.6. The molecule has 0 aliphatic heterocycles. The normalized spacial score (nSPS) is 12.5. The molecule has 0 fully saturated rings. The number of aliphatic carboxylic acids is 2. The van der Waals surface area contributed by atoms with Gasteiger partial charge in [-0.25, -0.2) is 0 Å². The lowest BCUT2D eigenvalue weighted by molar-refractivity contribution is -0.148. The van der Waals surface area contributed by atoms with Gasteiger partial charge in [0.15, 0.2) is 0 Å². The quantitative estimate of drug-likeness (QED) is 0.259. The Bertz CT molecular complexity index is 350. The van der Waals surface area contributed by atoms with Crippen LogP contribution in [0.3, 0.4) is 0 Å². The first kappa shape index (κ1) is 22.7. The van der Waals surface area contributed by atoms with Crippen LogP contribution in [0.4, 0.5) is 0 Å². The maximum Gasteiger partial charge on any atom is 0.307 e. The molecule has 4 nitrogen and oxygen atoms in total. The number of unbranched alkanes of at least 4 members (excludes halogenated alkanes) is 10. The number of rotatable bonds is 17. The first-order chi connectivity index (χ1) is 11.6. The topological polar surface area (TPSA) is 74.6 Å². The minimum atomic E-state index is -1.03. The number of carboxylic acids is 2. The van der Waals surface area contributed by atoms with Gasteiger partial charge < -0.3 is 10.2 Å². The predicted molar refractivity (Wildman–Crippen MR) is 98.2 cm³/mol. The van der Waals surface area contributed by atoms with Crippen LogP contribution in [0.1, 0.15) is 96.8 Å². The Balaban J connectivity index is 3.37. The van der Waals surface area contributed by atoms with Crippen molar-refractivity contribution in [2.45, 2.75) is 96.8 Å². The summed E-state index contributed by atoms with van der Waals surface area (Å²) in [7, 11) is 0. The van der Waals surface area contributed by atoms with Gasteiger partial charge in [-0.1, -0.05) is 76.9 Å². The molecular weight excluding hydrogens is 304 g/mol. The fourth-order valence-electron chi connectivity index (χ4n) is 2.79. The predicted octanol–water partition coefficient (Wildman–Crippen LogP) is 5.81. The number of hydrogen-bond donors (Lipinski definition) is 2. The van der Waals surface area contributed by atoms with Gasteiger partial charge in [-0.15, -0.1) is 0 Å². The molecule has 0 aliphatic rings. The lowest BCUT2D eigenvalue weighted by atomic mass is 9.97. The smallest absolute Gasteiger partial charge is 0.307 e. The maximum absolute atomic E-state index is 10.9. The second-order valence-electron chi connectivity index (χ2n) is 6.65. The van der Waals surface area contributed by atoms with Crippen molar-refractivity contribution in [3.8, 4) is 0 Å². The van der Waals surface area contributed by atoms with Crippen molar-refractivity contribution in [3.05, 3.63) is 12.2 Å². The van der Waals surface area contributed by atoms with Crippen molar-refractivity contribution in [3.63, 3.8) is 0 Å². The molecule has 0 aliphatic carbocycles. The van der Waals surface area contributed by atoms with Crippen LogP contribution in [-0.4, -0.2) is 22.2 Å². The molecule has 0 bridgehead atoms. The summed E-state index contributed by atoms with van der Waals surface area (Å²) in [4.78, 5) is 21.5. The third-order valence-electron chi connectivity index (χ3n) is 4.33. The van der Waals surface area contributed by atoms with E-state index in [1.54, 1.807) is 0 Å². The van der Waals surface area contributed by atoms with Crippen LogP contribution in [0.15, 0.2) is 12.2 Å². The first-order valence-corrected chi connectivity index (χ1v) is 9.67. The molecule has 0 rings (SSSR count). The highest BCUT2D eigenvalue weighted by molar-refractivity contribution is 5.77. The molecule has 0 heterocycles. The maximum atomic E-state index is 10.9. The van der Waals surface area contributed by atoms with Crippen LogP contribution in [0.25, 0.3) is 0 Å². The average molecular weight is 341 g/mol. The molecule has 0 aromatic carbocycles. The molecule has 0 saturated carbocycles. The van der Waals surface area contributed by atoms with E-state index in [2.05, 4.69) is 19.1 Å². The van der Waals surface area contributed by atoms with Gasteiger partial charge in [0.2, 0.25) is 0 Å². The molecule has 0 amide bonds. The van der Waals surface area contributed by atoms with E-state index < -0.39 is 17.9 Å². The van der Waals surface area contributed by atoms with E-state index in [1.165, 1.54) is 57.8 Å². The Labute approximate surface area is 147 Å². The monoisotopic (exact) mass is 340 g/mol. The van der Waals surface area contributed by atoms with E-state index in [1.807, 2.05) is 0 Å². The summed E-state index contributed by atoms with van der Waals surface area (Å²) in [5.41, 5.74) is 0. The Morgan fingerprint density at radius 1 is 0.792 bits per heavy atom. The number of carboxylic acid groups (broad SMARTS) is 2. The van der Waals surface area contributed by atoms with E-state index in [0.29, 0.717) is 6.42 Å². The zero-order valence-corrected chi connectivity index (χ0v) is 15.3. The Hall–Kier alpha value is -1.32. The van der Waals surface area contributed by atoms with Gasteiger partial charge in [-0.2, -0.15) is 0 Å². The van der Waals surface area contributed by atoms with E-state index in [4.69, 9.17) is 10.2 Å². The zero-order valence-electron chi connectivity index (χ0n) is 15.3. The zero-order chi connectivity index (χ0) is 18.0. The molecule has 0 radical (unpaired) electrons. The summed E-state index contributed by atoms with van der Waals surface area (Å²) in [6.07, 6.45) is 19.0. The summed E-state index contributed by atoms with van der Waals surface area (Å²) in [5.74, 6) is -2.74. The largest absolute Gasteiger partial charge is 0.481 e. The molecule has 0 saturated heterocycles. The van der Waals surface area contributed by atoms with Crippen LogP contribution in [-0.2, 0) is 9.59 Å². The number of carbonyl (C=O) groups is 2. The van der Waals surface area contributed by atoms with Gasteiger partial charge in [-0.05, 0) is 25.7 Å². The molecule has 1 unspecified atom stereocenters. The average Bonchev–Trinajstić information content (AvgIpc) is 2.53. The van der Waals surface area contributed by atoms with Gasteiger partial charge in [-0.3, -0.25) is 9.59 Å². The van der Waals surface area contributed by atoms with Crippen molar-refractivity contribution >= 4 is 11.9 Å². The van der Waals surface area contributed by atoms with Gasteiger partial charge in [0, 0.05) is 0 Å². The Morgan fingerprint density at radius 3 is 1.79 bits per heavy atom. The minimum absolute atomic E-state index is 0.262. The number of hydrogen-bond acceptors (Lipinski definition) is 2. The van der Waals surface area contributed by atoms with Crippen molar-refractivity contribution in [2.24, 2.45) is 5.92 Å². The van der Waals surface area contributed by atoms with Crippen LogP contribution >= 0.6 is 0 Å². The summed E-state index contributed by atoms with van der Waals surface area (Å²) >= 11 is 0. The molecule has 0 spiro atoms. The highest BCUT2D eigenvalue weighted by atomic mass is 16.4. The molecule has 2 N–H and O–H groups in total. The molecule has 1 atom stereocenters. The lowest BCUT2D eigenvalue weighted by Crippen LogP contribution is -2.17. The summed E-state index contributed by atoms with van der Waals surface area (Å²) in [5, 5.41) is 17.6. The fraction of sp³-hybridized carbons (Fsp3) is 0.800. The van der Waals surface area contributed by atoms with Crippen LogP contribution < -0.4 is 0 Å². The molecule has 24 heavy (non-hydrogen) atoms. The van der Waals surface area contributed by atoms with Crippen molar-refractivity contribution in [1.82, 2.24) is 0 Å². The van der Waals surface area contributed by atoms with Crippen LogP contribution in [0.5, 0.6) is 0 Å². The second-order valence-corrected chi connectivity index (χ2v) is 6.65. The van der Waals surface area contributed by atoms with E-state index in [0.717, 1.165) is 19.3 Å².